The molecule has 1 amide bonds. The van der Waals surface area contributed by atoms with E-state index < -0.39 is 0 Å². The van der Waals surface area contributed by atoms with Gasteiger partial charge in [0, 0.05) is 25.0 Å². The molecule has 24 heavy (non-hydrogen) atoms. The van der Waals surface area contributed by atoms with Gasteiger partial charge in [0.2, 0.25) is 0 Å². The Morgan fingerprint density at radius 3 is 2.83 bits per heavy atom. The summed E-state index contributed by atoms with van der Waals surface area (Å²) in [5.74, 6) is 1.30. The minimum Gasteiger partial charge on any atom is -0.450 e. The quantitative estimate of drug-likeness (QED) is 0.313. The zero-order valence-corrected chi connectivity index (χ0v) is 17.4. The number of hydrogen-bond acceptors (Lipinski definition) is 4. The minimum atomic E-state index is -0.341. The Kier molecular flexibility index (Phi) is 10.1. The Labute approximate surface area is 164 Å². The first-order valence-electron chi connectivity index (χ1n) is 8.13. The van der Waals surface area contributed by atoms with E-state index in [2.05, 4.69) is 38.5 Å². The molecule has 1 saturated carbocycles. The molecule has 1 unspecified atom stereocenters. The van der Waals surface area contributed by atoms with Gasteiger partial charge in [-0.15, -0.1) is 35.3 Å². The monoisotopic (exact) mass is 466 g/mol. The summed E-state index contributed by atoms with van der Waals surface area (Å²) in [7, 11) is 1.76. The highest BCUT2D eigenvalue weighted by molar-refractivity contribution is 14.0. The maximum atomic E-state index is 11.6. The van der Waals surface area contributed by atoms with E-state index in [9.17, 15) is 4.79 Å². The van der Waals surface area contributed by atoms with E-state index in [1.54, 1.807) is 18.4 Å². The van der Waals surface area contributed by atoms with Crippen LogP contribution in [0.2, 0.25) is 0 Å². The molecule has 8 heteroatoms. The average Bonchev–Trinajstić information content (AvgIpc) is 3.26. The van der Waals surface area contributed by atoms with Crippen LogP contribution in [0, 0.1) is 5.92 Å². The van der Waals surface area contributed by atoms with Gasteiger partial charge in [-0.25, -0.2) is 4.79 Å². The number of carbonyl (C=O) groups excluding carboxylic acids is 1. The number of aliphatic imine (C=N–C) groups is 1. The van der Waals surface area contributed by atoms with E-state index in [1.807, 2.05) is 6.92 Å². The summed E-state index contributed by atoms with van der Waals surface area (Å²) in [6, 6.07) is 4.29. The van der Waals surface area contributed by atoms with E-state index in [1.165, 1.54) is 4.88 Å². The molecule has 0 radical (unpaired) electrons. The summed E-state index contributed by atoms with van der Waals surface area (Å²) in [6.45, 7) is 3.69. The lowest BCUT2D eigenvalue weighted by atomic mass is 10.2. The molecule has 0 aliphatic heterocycles. The third-order valence-electron chi connectivity index (χ3n) is 3.73. The standard InChI is InChI=1S/C16H26N4O2S.HI/c1-3-22-16(21)20-14(12-6-7-12)11-19-15(17-2)18-9-8-13-5-4-10-23-13;/h4-5,10,12,14H,3,6-9,11H2,1-2H3,(H,20,21)(H2,17,18,19);1H. The zero-order valence-electron chi connectivity index (χ0n) is 14.2. The zero-order chi connectivity index (χ0) is 16.5. The van der Waals surface area contributed by atoms with Crippen molar-refractivity contribution < 1.29 is 9.53 Å². The molecule has 1 aromatic heterocycles. The van der Waals surface area contributed by atoms with Gasteiger partial charge in [-0.1, -0.05) is 6.07 Å². The number of hydrogen-bond donors (Lipinski definition) is 3. The number of rotatable bonds is 8. The van der Waals surface area contributed by atoms with Crippen molar-refractivity contribution in [3.05, 3.63) is 22.4 Å². The number of alkyl carbamates (subject to hydrolysis) is 1. The van der Waals surface area contributed by atoms with Crippen LogP contribution in [-0.2, 0) is 11.2 Å². The van der Waals surface area contributed by atoms with E-state index in [0.29, 0.717) is 19.1 Å². The second-order valence-electron chi connectivity index (χ2n) is 5.52. The van der Waals surface area contributed by atoms with Crippen molar-refractivity contribution in [2.75, 3.05) is 26.7 Å². The van der Waals surface area contributed by atoms with Crippen LogP contribution in [-0.4, -0.2) is 44.8 Å². The molecule has 1 aliphatic carbocycles. The number of nitrogens with one attached hydrogen (secondary N) is 3. The Balaban J connectivity index is 0.00000288. The van der Waals surface area contributed by atoms with Crippen LogP contribution in [0.25, 0.3) is 0 Å². The summed E-state index contributed by atoms with van der Waals surface area (Å²) in [5.41, 5.74) is 0. The highest BCUT2D eigenvalue weighted by Crippen LogP contribution is 2.32. The normalized spacial score (nSPS) is 15.2. The molecule has 2 rings (SSSR count). The van der Waals surface area contributed by atoms with Crippen LogP contribution in [0.15, 0.2) is 22.5 Å². The van der Waals surface area contributed by atoms with Crippen LogP contribution < -0.4 is 16.0 Å². The average molecular weight is 466 g/mol. The maximum absolute atomic E-state index is 11.6. The lowest BCUT2D eigenvalue weighted by Gasteiger charge is -2.20. The molecule has 3 N–H and O–H groups in total. The predicted molar refractivity (Wildman–Crippen MR) is 109 cm³/mol. The van der Waals surface area contributed by atoms with Gasteiger partial charge in [-0.05, 0) is 43.6 Å². The molecule has 1 heterocycles. The highest BCUT2D eigenvalue weighted by atomic mass is 127. The molecule has 136 valence electrons. The number of halogens is 1. The number of ether oxygens (including phenoxy) is 1. The number of carbonyl (C=O) groups is 1. The van der Waals surface area contributed by atoms with Crippen molar-refractivity contribution in [2.45, 2.75) is 32.2 Å². The van der Waals surface area contributed by atoms with Gasteiger partial charge in [0.25, 0.3) is 0 Å². The first kappa shape index (κ1) is 21.0. The van der Waals surface area contributed by atoms with Gasteiger partial charge in [-0.2, -0.15) is 0 Å². The molecule has 1 aliphatic rings. The number of thiophene rings is 1. The number of nitrogens with zero attached hydrogens (tertiary/aromatic N) is 1. The Hall–Kier alpha value is -1.03. The molecule has 0 bridgehead atoms. The van der Waals surface area contributed by atoms with Crippen molar-refractivity contribution in [2.24, 2.45) is 10.9 Å². The summed E-state index contributed by atoms with van der Waals surface area (Å²) in [6.07, 6.45) is 2.95. The molecule has 1 aromatic rings. The third-order valence-corrected chi connectivity index (χ3v) is 4.66. The number of amides is 1. The predicted octanol–water partition coefficient (Wildman–Crippen LogP) is 2.60. The molecular weight excluding hydrogens is 439 g/mol. The van der Waals surface area contributed by atoms with E-state index in [0.717, 1.165) is 31.8 Å². The summed E-state index contributed by atoms with van der Waals surface area (Å²) in [4.78, 5) is 17.2. The van der Waals surface area contributed by atoms with Crippen molar-refractivity contribution in [3.63, 3.8) is 0 Å². The molecule has 0 saturated heterocycles. The molecular formula is C16H27IN4O2S. The van der Waals surface area contributed by atoms with Crippen LogP contribution >= 0.6 is 35.3 Å². The van der Waals surface area contributed by atoms with Crippen molar-refractivity contribution in [1.82, 2.24) is 16.0 Å². The lowest BCUT2D eigenvalue weighted by molar-refractivity contribution is 0.146. The first-order valence-corrected chi connectivity index (χ1v) is 9.01. The SMILES string of the molecule is CCOC(=O)NC(CNC(=NC)NCCc1cccs1)C1CC1.I. The molecule has 1 fully saturated rings. The Morgan fingerprint density at radius 1 is 1.46 bits per heavy atom. The van der Waals surface area contributed by atoms with Crippen LogP contribution in [0.5, 0.6) is 0 Å². The second-order valence-corrected chi connectivity index (χ2v) is 6.55. The third kappa shape index (κ3) is 7.69. The second kappa shape index (κ2) is 11.5. The molecule has 1 atom stereocenters. The van der Waals surface area contributed by atoms with Gasteiger partial charge in [0.1, 0.15) is 0 Å². The fraction of sp³-hybridized carbons (Fsp3) is 0.625. The Bertz CT molecular complexity index is 506. The largest absolute Gasteiger partial charge is 0.450 e. The summed E-state index contributed by atoms with van der Waals surface area (Å²) >= 11 is 1.76. The first-order chi connectivity index (χ1) is 11.2. The van der Waals surface area contributed by atoms with Gasteiger partial charge in [-0.3, -0.25) is 4.99 Å². The van der Waals surface area contributed by atoms with Crippen LogP contribution in [0.1, 0.15) is 24.6 Å². The fourth-order valence-corrected chi connectivity index (χ4v) is 3.05. The van der Waals surface area contributed by atoms with Crippen LogP contribution in [0.3, 0.4) is 0 Å². The maximum Gasteiger partial charge on any atom is 0.407 e. The molecule has 0 aromatic carbocycles. The van der Waals surface area contributed by atoms with Crippen molar-refractivity contribution >= 4 is 47.4 Å². The Morgan fingerprint density at radius 2 is 2.25 bits per heavy atom. The van der Waals surface area contributed by atoms with Gasteiger partial charge in [0.15, 0.2) is 5.96 Å². The van der Waals surface area contributed by atoms with E-state index in [-0.39, 0.29) is 36.1 Å². The van der Waals surface area contributed by atoms with Crippen LogP contribution in [0.4, 0.5) is 4.79 Å². The summed E-state index contributed by atoms with van der Waals surface area (Å²) in [5, 5.41) is 11.6. The van der Waals surface area contributed by atoms with Crippen molar-refractivity contribution in [1.29, 1.82) is 0 Å². The highest BCUT2D eigenvalue weighted by Gasteiger charge is 2.32. The minimum absolute atomic E-state index is 0. The fourth-order valence-electron chi connectivity index (χ4n) is 2.34. The van der Waals surface area contributed by atoms with Crippen molar-refractivity contribution in [3.8, 4) is 0 Å². The smallest absolute Gasteiger partial charge is 0.407 e. The lowest BCUT2D eigenvalue weighted by Crippen LogP contribution is -2.48. The van der Waals surface area contributed by atoms with Gasteiger partial charge in [0.05, 0.1) is 12.6 Å². The molecule has 6 nitrogen and oxygen atoms in total. The van der Waals surface area contributed by atoms with Gasteiger partial charge < -0.3 is 20.7 Å². The topological polar surface area (TPSA) is 74.8 Å². The van der Waals surface area contributed by atoms with Gasteiger partial charge >= 0.3 is 6.09 Å². The molecule has 0 spiro atoms. The van der Waals surface area contributed by atoms with E-state index >= 15 is 0 Å². The summed E-state index contributed by atoms with van der Waals surface area (Å²) < 4.78 is 4.97. The number of guanidine groups is 1. The van der Waals surface area contributed by atoms with E-state index in [4.69, 9.17) is 4.74 Å².